The maximum Gasteiger partial charge on any atom is 0.224 e. The van der Waals surface area contributed by atoms with Crippen molar-refractivity contribution < 1.29 is 4.79 Å². The molecule has 0 radical (unpaired) electrons. The Bertz CT molecular complexity index is 936. The summed E-state index contributed by atoms with van der Waals surface area (Å²) in [5, 5.41) is 4.82. The molecule has 0 spiro atoms. The largest absolute Gasteiger partial charge is 0.349 e. The van der Waals surface area contributed by atoms with Crippen molar-refractivity contribution in [2.75, 3.05) is 0 Å². The molecule has 4 heteroatoms. The number of hydrogen-bond acceptors (Lipinski definition) is 2. The Morgan fingerprint density at radius 3 is 2.68 bits per heavy atom. The van der Waals surface area contributed by atoms with Crippen LogP contribution >= 0.6 is 11.6 Å². The molecule has 0 saturated carbocycles. The summed E-state index contributed by atoms with van der Waals surface area (Å²) in [5.41, 5.74) is 4.98. The molecule has 1 heterocycles. The number of carbonyl (C=O) groups is 1. The minimum Gasteiger partial charge on any atom is -0.349 e. The van der Waals surface area contributed by atoms with Crippen molar-refractivity contribution in [1.29, 1.82) is 0 Å². The van der Waals surface area contributed by atoms with Gasteiger partial charge in [0.05, 0.1) is 18.0 Å². The molecule has 0 aliphatic carbocycles. The monoisotopic (exact) mass is 352 g/mol. The normalized spacial score (nSPS) is 12.2. The number of rotatable bonds is 4. The van der Waals surface area contributed by atoms with Gasteiger partial charge in [-0.05, 0) is 55.7 Å². The summed E-state index contributed by atoms with van der Waals surface area (Å²) in [7, 11) is 0. The predicted molar refractivity (Wildman–Crippen MR) is 103 cm³/mol. The third-order valence-electron chi connectivity index (χ3n) is 4.55. The number of nitrogens with one attached hydrogen (secondary N) is 1. The number of amides is 1. The number of benzene rings is 2. The maximum absolute atomic E-state index is 12.5. The molecule has 1 aromatic heterocycles. The lowest BCUT2D eigenvalue weighted by molar-refractivity contribution is -0.121. The summed E-state index contributed by atoms with van der Waals surface area (Å²) in [6.45, 7) is 5.98. The van der Waals surface area contributed by atoms with Crippen LogP contribution in [-0.4, -0.2) is 10.9 Å². The highest BCUT2D eigenvalue weighted by atomic mass is 35.5. The Labute approximate surface area is 153 Å². The highest BCUT2D eigenvalue weighted by molar-refractivity contribution is 6.30. The summed E-state index contributed by atoms with van der Waals surface area (Å²) in [6.07, 6.45) is 0.320. The Morgan fingerprint density at radius 2 is 1.92 bits per heavy atom. The van der Waals surface area contributed by atoms with E-state index in [9.17, 15) is 4.79 Å². The zero-order chi connectivity index (χ0) is 18.0. The first-order chi connectivity index (χ1) is 12.0. The van der Waals surface area contributed by atoms with Crippen molar-refractivity contribution in [2.45, 2.75) is 33.2 Å². The summed E-state index contributed by atoms with van der Waals surface area (Å²) in [5.74, 6) is -0.0178. The van der Waals surface area contributed by atoms with Crippen LogP contribution in [0.2, 0.25) is 5.02 Å². The van der Waals surface area contributed by atoms with Gasteiger partial charge in [0.2, 0.25) is 5.91 Å². The molecule has 0 fully saturated rings. The predicted octanol–water partition coefficient (Wildman–Crippen LogP) is 4.92. The molecule has 1 unspecified atom stereocenters. The Morgan fingerprint density at radius 1 is 1.16 bits per heavy atom. The van der Waals surface area contributed by atoms with Gasteiger partial charge in [-0.1, -0.05) is 41.9 Å². The smallest absolute Gasteiger partial charge is 0.224 e. The third kappa shape index (κ3) is 3.83. The number of para-hydroxylation sites is 1. The Balaban J connectivity index is 1.80. The fourth-order valence-electron chi connectivity index (χ4n) is 3.14. The minimum absolute atomic E-state index is 0.0178. The van der Waals surface area contributed by atoms with E-state index >= 15 is 0 Å². The maximum atomic E-state index is 12.5. The van der Waals surface area contributed by atoms with Gasteiger partial charge in [0, 0.05) is 16.1 Å². The number of fused-ring (bicyclic) bond motifs is 1. The van der Waals surface area contributed by atoms with Crippen molar-refractivity contribution in [3.8, 4) is 0 Å². The van der Waals surface area contributed by atoms with Gasteiger partial charge in [-0.25, -0.2) is 0 Å². The van der Waals surface area contributed by atoms with Crippen LogP contribution in [0, 0.1) is 13.8 Å². The van der Waals surface area contributed by atoms with Gasteiger partial charge in [0.1, 0.15) is 0 Å². The summed E-state index contributed by atoms with van der Waals surface area (Å²) >= 11 is 6.03. The number of halogens is 1. The van der Waals surface area contributed by atoms with Crippen LogP contribution < -0.4 is 5.32 Å². The fourth-order valence-corrected chi connectivity index (χ4v) is 3.34. The van der Waals surface area contributed by atoms with Crippen LogP contribution in [0.3, 0.4) is 0 Å². The molecular weight excluding hydrogens is 332 g/mol. The van der Waals surface area contributed by atoms with E-state index in [4.69, 9.17) is 11.6 Å². The standard InChI is InChI=1S/C21H21ClN2O/c1-13-18-9-4-5-10-20(18)23-15(3)19(13)12-21(25)24-14(2)16-7-6-8-17(22)11-16/h4-11,14H,12H2,1-3H3,(H,24,25). The van der Waals surface area contributed by atoms with E-state index in [1.807, 2.05) is 62.4 Å². The van der Waals surface area contributed by atoms with Crippen molar-refractivity contribution >= 4 is 28.4 Å². The van der Waals surface area contributed by atoms with Crippen molar-refractivity contribution in [3.63, 3.8) is 0 Å². The molecule has 1 N–H and O–H groups in total. The molecule has 0 aliphatic heterocycles. The Hall–Kier alpha value is -2.39. The second kappa shape index (κ2) is 7.24. The topological polar surface area (TPSA) is 42.0 Å². The van der Waals surface area contributed by atoms with Crippen LogP contribution in [0.15, 0.2) is 48.5 Å². The fraction of sp³-hybridized carbons (Fsp3) is 0.238. The molecule has 0 saturated heterocycles. The molecule has 2 aromatic carbocycles. The zero-order valence-electron chi connectivity index (χ0n) is 14.6. The molecule has 3 rings (SSSR count). The SMILES string of the molecule is Cc1nc2ccccc2c(C)c1CC(=O)NC(C)c1cccc(Cl)c1. The van der Waals surface area contributed by atoms with Crippen LogP contribution in [0.4, 0.5) is 0 Å². The molecule has 0 aliphatic rings. The van der Waals surface area contributed by atoms with Crippen molar-refractivity contribution in [3.05, 3.63) is 75.9 Å². The lowest BCUT2D eigenvalue weighted by atomic mass is 9.99. The van der Waals surface area contributed by atoms with E-state index in [-0.39, 0.29) is 11.9 Å². The van der Waals surface area contributed by atoms with Gasteiger partial charge in [-0.3, -0.25) is 9.78 Å². The molecule has 128 valence electrons. The molecular formula is C21H21ClN2O. The first kappa shape index (κ1) is 17.4. The summed E-state index contributed by atoms with van der Waals surface area (Å²) in [6, 6.07) is 15.5. The summed E-state index contributed by atoms with van der Waals surface area (Å²) in [4.78, 5) is 17.2. The first-order valence-electron chi connectivity index (χ1n) is 8.35. The quantitative estimate of drug-likeness (QED) is 0.723. The number of pyridine rings is 1. The van der Waals surface area contributed by atoms with E-state index in [1.54, 1.807) is 0 Å². The second-order valence-electron chi connectivity index (χ2n) is 6.34. The van der Waals surface area contributed by atoms with Gasteiger partial charge in [0.25, 0.3) is 0 Å². The number of aromatic nitrogens is 1. The minimum atomic E-state index is -0.0970. The number of hydrogen-bond donors (Lipinski definition) is 1. The lowest BCUT2D eigenvalue weighted by Crippen LogP contribution is -2.28. The number of nitrogens with zero attached hydrogens (tertiary/aromatic N) is 1. The molecule has 3 nitrogen and oxygen atoms in total. The molecule has 1 atom stereocenters. The van der Waals surface area contributed by atoms with E-state index in [0.717, 1.165) is 33.3 Å². The third-order valence-corrected chi connectivity index (χ3v) is 4.78. The van der Waals surface area contributed by atoms with Gasteiger partial charge in [0.15, 0.2) is 0 Å². The van der Waals surface area contributed by atoms with E-state index < -0.39 is 0 Å². The van der Waals surface area contributed by atoms with Crippen LogP contribution in [-0.2, 0) is 11.2 Å². The van der Waals surface area contributed by atoms with Crippen LogP contribution in [0.5, 0.6) is 0 Å². The second-order valence-corrected chi connectivity index (χ2v) is 6.78. The zero-order valence-corrected chi connectivity index (χ0v) is 15.4. The molecule has 25 heavy (non-hydrogen) atoms. The van der Waals surface area contributed by atoms with Crippen LogP contribution in [0.1, 0.15) is 35.3 Å². The summed E-state index contributed by atoms with van der Waals surface area (Å²) < 4.78 is 0. The van der Waals surface area contributed by atoms with Crippen molar-refractivity contribution in [1.82, 2.24) is 10.3 Å². The van der Waals surface area contributed by atoms with Gasteiger partial charge in [-0.2, -0.15) is 0 Å². The lowest BCUT2D eigenvalue weighted by Gasteiger charge is -2.17. The Kier molecular flexibility index (Phi) is 5.05. The van der Waals surface area contributed by atoms with E-state index in [0.29, 0.717) is 11.4 Å². The highest BCUT2D eigenvalue weighted by Gasteiger charge is 2.15. The van der Waals surface area contributed by atoms with Crippen molar-refractivity contribution in [2.24, 2.45) is 0 Å². The average Bonchev–Trinajstić information content (AvgIpc) is 2.58. The first-order valence-corrected chi connectivity index (χ1v) is 8.73. The van der Waals surface area contributed by atoms with Gasteiger partial charge >= 0.3 is 0 Å². The van der Waals surface area contributed by atoms with Crippen LogP contribution in [0.25, 0.3) is 10.9 Å². The van der Waals surface area contributed by atoms with Gasteiger partial charge < -0.3 is 5.32 Å². The highest BCUT2D eigenvalue weighted by Crippen LogP contribution is 2.23. The molecule has 3 aromatic rings. The number of aryl methyl sites for hydroxylation is 2. The molecule has 0 bridgehead atoms. The average molecular weight is 353 g/mol. The number of carbonyl (C=O) groups excluding carboxylic acids is 1. The molecule has 1 amide bonds. The van der Waals surface area contributed by atoms with Gasteiger partial charge in [-0.15, -0.1) is 0 Å². The van der Waals surface area contributed by atoms with E-state index in [2.05, 4.69) is 17.2 Å². The van der Waals surface area contributed by atoms with E-state index in [1.165, 1.54) is 0 Å².